The Morgan fingerprint density at radius 3 is 2.71 bits per heavy atom. The summed E-state index contributed by atoms with van der Waals surface area (Å²) in [6, 6.07) is 10.00. The van der Waals surface area contributed by atoms with Gasteiger partial charge in [-0.25, -0.2) is 4.98 Å². The summed E-state index contributed by atoms with van der Waals surface area (Å²) >= 11 is 0. The van der Waals surface area contributed by atoms with Crippen molar-refractivity contribution in [1.82, 2.24) is 24.4 Å². The summed E-state index contributed by atoms with van der Waals surface area (Å²) in [5.41, 5.74) is 3.89. The number of nitrogens with one attached hydrogen (secondary N) is 2. The molecular formula is C27H29N7O. The van der Waals surface area contributed by atoms with Crippen LogP contribution in [0.1, 0.15) is 61.6 Å². The molecule has 35 heavy (non-hydrogen) atoms. The first-order valence-electron chi connectivity index (χ1n) is 12.5. The van der Waals surface area contributed by atoms with Gasteiger partial charge in [0, 0.05) is 40.4 Å². The number of likely N-dealkylation sites (tertiary alicyclic amines) is 1. The number of aromatic amines is 1. The Morgan fingerprint density at radius 2 is 1.94 bits per heavy atom. The van der Waals surface area contributed by atoms with Gasteiger partial charge in [-0.05, 0) is 81.6 Å². The zero-order chi connectivity index (χ0) is 23.9. The SMILES string of the molecule is CN1CCC(c2c[nH]c3ccc(Nc4ncc5cc(C#N)c(=O)n(C6CCCC6)c5n4)cc23)CC1. The Kier molecular flexibility index (Phi) is 5.50. The molecule has 4 heterocycles. The second-order valence-corrected chi connectivity index (χ2v) is 9.96. The molecule has 0 atom stereocenters. The molecule has 8 heteroatoms. The molecule has 2 N–H and O–H groups in total. The van der Waals surface area contributed by atoms with Crippen LogP contribution in [0.15, 0.2) is 41.5 Å². The van der Waals surface area contributed by atoms with Gasteiger partial charge in [0.15, 0.2) is 0 Å². The predicted octanol–water partition coefficient (Wildman–Crippen LogP) is 4.81. The van der Waals surface area contributed by atoms with Gasteiger partial charge in [-0.2, -0.15) is 10.2 Å². The van der Waals surface area contributed by atoms with E-state index in [9.17, 15) is 10.1 Å². The first kappa shape index (κ1) is 21.8. The van der Waals surface area contributed by atoms with E-state index in [-0.39, 0.29) is 17.2 Å². The molecule has 8 nitrogen and oxygen atoms in total. The van der Waals surface area contributed by atoms with E-state index >= 15 is 0 Å². The van der Waals surface area contributed by atoms with Gasteiger partial charge in [-0.1, -0.05) is 12.8 Å². The molecule has 1 aliphatic carbocycles. The predicted molar refractivity (Wildman–Crippen MR) is 137 cm³/mol. The van der Waals surface area contributed by atoms with Crippen LogP contribution in [0, 0.1) is 11.3 Å². The van der Waals surface area contributed by atoms with E-state index in [4.69, 9.17) is 4.98 Å². The molecule has 1 saturated heterocycles. The van der Waals surface area contributed by atoms with Crippen LogP contribution in [-0.2, 0) is 0 Å². The second kappa shape index (κ2) is 8.82. The van der Waals surface area contributed by atoms with Gasteiger partial charge in [0.25, 0.3) is 5.56 Å². The standard InChI is InChI=1S/C27H29N7O/c1-33-10-8-17(9-11-33)23-16-29-24-7-6-20(13-22(23)24)31-27-30-15-19-12-18(14-28)26(35)34(25(19)32-27)21-4-2-3-5-21/h6-7,12-13,15-17,21,29H,2-5,8-11H2,1H3,(H,30,31,32). The van der Waals surface area contributed by atoms with Gasteiger partial charge in [-0.15, -0.1) is 0 Å². The van der Waals surface area contributed by atoms with Crippen molar-refractivity contribution in [2.24, 2.45) is 0 Å². The van der Waals surface area contributed by atoms with Crippen molar-refractivity contribution in [3.63, 3.8) is 0 Å². The number of rotatable bonds is 4. The fourth-order valence-corrected chi connectivity index (χ4v) is 5.77. The molecule has 0 spiro atoms. The summed E-state index contributed by atoms with van der Waals surface area (Å²) in [5, 5.41) is 14.8. The smallest absolute Gasteiger partial charge is 0.270 e. The largest absolute Gasteiger partial charge is 0.361 e. The van der Waals surface area contributed by atoms with Gasteiger partial charge in [-0.3, -0.25) is 9.36 Å². The van der Waals surface area contributed by atoms with Crippen molar-refractivity contribution in [1.29, 1.82) is 5.26 Å². The van der Waals surface area contributed by atoms with E-state index in [2.05, 4.69) is 45.6 Å². The van der Waals surface area contributed by atoms with Crippen molar-refractivity contribution in [2.45, 2.75) is 50.5 Å². The summed E-state index contributed by atoms with van der Waals surface area (Å²) < 4.78 is 1.72. The number of H-pyrrole nitrogens is 1. The number of nitrogens with zero attached hydrogens (tertiary/aromatic N) is 5. The van der Waals surface area contributed by atoms with Gasteiger partial charge in [0.2, 0.25) is 5.95 Å². The molecule has 0 amide bonds. The fraction of sp³-hybridized carbons (Fsp3) is 0.407. The third-order valence-corrected chi connectivity index (χ3v) is 7.71. The number of nitriles is 1. The Bertz CT molecular complexity index is 1500. The number of hydrogen-bond acceptors (Lipinski definition) is 6. The number of fused-ring (bicyclic) bond motifs is 2. The summed E-state index contributed by atoms with van der Waals surface area (Å²) in [6.45, 7) is 2.24. The highest BCUT2D eigenvalue weighted by Gasteiger charge is 2.23. The zero-order valence-electron chi connectivity index (χ0n) is 19.9. The number of aromatic nitrogens is 4. The number of benzene rings is 1. The molecule has 1 saturated carbocycles. The van der Waals surface area contributed by atoms with E-state index in [0.29, 0.717) is 22.9 Å². The molecule has 6 rings (SSSR count). The lowest BCUT2D eigenvalue weighted by atomic mass is 9.89. The normalized spacial score (nSPS) is 17.8. The lowest BCUT2D eigenvalue weighted by Gasteiger charge is -2.28. The maximum Gasteiger partial charge on any atom is 0.270 e. The minimum Gasteiger partial charge on any atom is -0.361 e. The molecule has 0 bridgehead atoms. The summed E-state index contributed by atoms with van der Waals surface area (Å²) in [6.07, 6.45) is 10.2. The summed E-state index contributed by atoms with van der Waals surface area (Å²) in [5.74, 6) is 1.01. The molecule has 2 fully saturated rings. The van der Waals surface area contributed by atoms with Gasteiger partial charge in [0.1, 0.15) is 17.3 Å². The maximum atomic E-state index is 13.0. The van der Waals surface area contributed by atoms with E-state index in [1.165, 1.54) is 10.9 Å². The fourth-order valence-electron chi connectivity index (χ4n) is 5.77. The molecule has 2 aliphatic rings. The highest BCUT2D eigenvalue weighted by molar-refractivity contribution is 5.87. The van der Waals surface area contributed by atoms with Crippen molar-refractivity contribution < 1.29 is 0 Å². The molecule has 3 aromatic heterocycles. The topological polar surface area (TPSA) is 103 Å². The van der Waals surface area contributed by atoms with Crippen molar-refractivity contribution in [2.75, 3.05) is 25.5 Å². The van der Waals surface area contributed by atoms with E-state index in [1.807, 2.05) is 12.1 Å². The van der Waals surface area contributed by atoms with Crippen LogP contribution in [0.5, 0.6) is 0 Å². The van der Waals surface area contributed by atoms with Gasteiger partial charge >= 0.3 is 0 Å². The van der Waals surface area contributed by atoms with Crippen molar-refractivity contribution in [3.05, 3.63) is 58.1 Å². The molecule has 1 aliphatic heterocycles. The minimum absolute atomic E-state index is 0.0781. The second-order valence-electron chi connectivity index (χ2n) is 9.96. The Hall–Kier alpha value is -3.70. The average Bonchev–Trinajstić information content (AvgIpc) is 3.54. The van der Waals surface area contributed by atoms with Crippen LogP contribution in [0.3, 0.4) is 0 Å². The molecule has 0 unspecified atom stereocenters. The van der Waals surface area contributed by atoms with E-state index < -0.39 is 0 Å². The number of hydrogen-bond donors (Lipinski definition) is 2. The van der Waals surface area contributed by atoms with Crippen LogP contribution in [0.25, 0.3) is 21.9 Å². The van der Waals surface area contributed by atoms with Crippen molar-refractivity contribution in [3.8, 4) is 6.07 Å². The maximum absolute atomic E-state index is 13.0. The average molecular weight is 468 g/mol. The molecule has 4 aromatic rings. The third kappa shape index (κ3) is 3.96. The first-order chi connectivity index (χ1) is 17.1. The monoisotopic (exact) mass is 467 g/mol. The number of anilines is 2. The summed E-state index contributed by atoms with van der Waals surface area (Å²) in [7, 11) is 2.18. The van der Waals surface area contributed by atoms with Crippen LogP contribution in [0.4, 0.5) is 11.6 Å². The Labute approximate surface area is 203 Å². The third-order valence-electron chi connectivity index (χ3n) is 7.71. The highest BCUT2D eigenvalue weighted by atomic mass is 16.1. The number of piperidine rings is 1. The quantitative estimate of drug-likeness (QED) is 0.446. The molecule has 178 valence electrons. The highest BCUT2D eigenvalue weighted by Crippen LogP contribution is 2.35. The number of pyridine rings is 1. The molecule has 0 radical (unpaired) electrons. The van der Waals surface area contributed by atoms with Gasteiger partial charge in [0.05, 0.1) is 0 Å². The van der Waals surface area contributed by atoms with Crippen LogP contribution >= 0.6 is 0 Å². The van der Waals surface area contributed by atoms with Crippen LogP contribution in [-0.4, -0.2) is 44.6 Å². The Morgan fingerprint density at radius 1 is 1.14 bits per heavy atom. The summed E-state index contributed by atoms with van der Waals surface area (Å²) in [4.78, 5) is 28.1. The molecule has 1 aromatic carbocycles. The minimum atomic E-state index is -0.256. The van der Waals surface area contributed by atoms with Crippen LogP contribution < -0.4 is 10.9 Å². The Balaban J connectivity index is 1.36. The van der Waals surface area contributed by atoms with Crippen molar-refractivity contribution >= 4 is 33.6 Å². The van der Waals surface area contributed by atoms with Crippen LogP contribution in [0.2, 0.25) is 0 Å². The molecular weight excluding hydrogens is 438 g/mol. The van der Waals surface area contributed by atoms with Gasteiger partial charge < -0.3 is 15.2 Å². The lowest BCUT2D eigenvalue weighted by Crippen LogP contribution is -2.29. The van der Waals surface area contributed by atoms with E-state index in [0.717, 1.165) is 62.8 Å². The zero-order valence-corrected chi connectivity index (χ0v) is 19.9. The lowest BCUT2D eigenvalue weighted by molar-refractivity contribution is 0.256. The van der Waals surface area contributed by atoms with E-state index in [1.54, 1.807) is 16.8 Å². The first-order valence-corrected chi connectivity index (χ1v) is 12.5.